The van der Waals surface area contributed by atoms with E-state index in [4.69, 9.17) is 4.74 Å². The minimum atomic E-state index is 0.0814. The molecule has 0 spiro atoms. The quantitative estimate of drug-likeness (QED) is 0.0506. The molecule has 0 aromatic heterocycles. The minimum Gasteiger partial charge on any atom is -0.360 e. The molecule has 0 amide bonds. The highest BCUT2D eigenvalue weighted by atomic mass is 16.5. The van der Waals surface area contributed by atoms with Crippen LogP contribution < -0.4 is 0 Å². The first-order valence-electron chi connectivity index (χ1n) is 22.4. The molecular weight excluding hydrogens is 595 g/mol. The molecule has 1 aromatic carbocycles. The minimum absolute atomic E-state index is 0.0814. The van der Waals surface area contributed by atoms with Crippen LogP contribution >= 0.6 is 0 Å². The van der Waals surface area contributed by atoms with Crippen molar-refractivity contribution in [3.63, 3.8) is 0 Å². The summed E-state index contributed by atoms with van der Waals surface area (Å²) >= 11 is 0. The average molecular weight is 682 g/mol. The standard InChI is InChI=1S/C47H87NO/c1-4-7-9-11-13-15-17-19-21-23-25-27-29-31-33-38-44-48(47(49-6-3)43-42-46-40-36-35-37-41-46)45-39-34-32-30-28-26-24-22-20-18-16-14-12-10-8-5-2/h35-37,40-43,47H,4-34,38-39,44-45H2,1-3H3. The van der Waals surface area contributed by atoms with Gasteiger partial charge in [-0.15, -0.1) is 0 Å². The van der Waals surface area contributed by atoms with Crippen LogP contribution in [0.2, 0.25) is 0 Å². The van der Waals surface area contributed by atoms with E-state index in [1.54, 1.807) is 0 Å². The zero-order valence-corrected chi connectivity index (χ0v) is 33.7. The van der Waals surface area contributed by atoms with Gasteiger partial charge in [0.15, 0.2) is 0 Å². The Hall–Kier alpha value is -1.12. The molecule has 0 N–H and O–H groups in total. The van der Waals surface area contributed by atoms with Gasteiger partial charge in [0, 0.05) is 19.7 Å². The third kappa shape index (κ3) is 31.4. The Morgan fingerprint density at radius 3 is 1.04 bits per heavy atom. The van der Waals surface area contributed by atoms with Crippen molar-refractivity contribution < 1.29 is 4.74 Å². The predicted molar refractivity (Wildman–Crippen MR) is 222 cm³/mol. The molecule has 0 heterocycles. The number of ether oxygens (including phenoxy) is 1. The molecule has 286 valence electrons. The predicted octanol–water partition coefficient (Wildman–Crippen LogP) is 15.9. The number of rotatable bonds is 39. The molecular formula is C47H87NO. The summed E-state index contributed by atoms with van der Waals surface area (Å²) in [6.07, 6.45) is 50.2. The van der Waals surface area contributed by atoms with E-state index < -0.39 is 0 Å². The van der Waals surface area contributed by atoms with Crippen LogP contribution in [0.4, 0.5) is 0 Å². The van der Waals surface area contributed by atoms with Crippen molar-refractivity contribution in [2.75, 3.05) is 19.7 Å². The molecule has 49 heavy (non-hydrogen) atoms. The van der Waals surface area contributed by atoms with E-state index in [1.165, 1.54) is 211 Å². The number of benzene rings is 1. The SMILES string of the molecule is CCCCCCCCCCCCCCCCCCN(CCCCCCCCCCCCCCCCCC)C(C=Cc1ccccc1)OCC. The van der Waals surface area contributed by atoms with Crippen molar-refractivity contribution in [1.29, 1.82) is 0 Å². The van der Waals surface area contributed by atoms with Gasteiger partial charge in [-0.25, -0.2) is 0 Å². The molecule has 0 fully saturated rings. The maximum Gasteiger partial charge on any atom is 0.130 e. The number of nitrogens with zero attached hydrogens (tertiary/aromatic N) is 1. The maximum atomic E-state index is 6.32. The fraction of sp³-hybridized carbons (Fsp3) is 0.830. The van der Waals surface area contributed by atoms with Crippen LogP contribution in [0.5, 0.6) is 0 Å². The second-order valence-electron chi connectivity index (χ2n) is 15.3. The Morgan fingerprint density at radius 2 is 0.735 bits per heavy atom. The first-order chi connectivity index (χ1) is 24.3. The van der Waals surface area contributed by atoms with Crippen LogP contribution in [0.15, 0.2) is 36.4 Å². The van der Waals surface area contributed by atoms with E-state index in [1.807, 2.05) is 0 Å². The summed E-state index contributed by atoms with van der Waals surface area (Å²) in [6.45, 7) is 9.83. The van der Waals surface area contributed by atoms with Crippen LogP contribution in [0.25, 0.3) is 6.08 Å². The van der Waals surface area contributed by atoms with Crippen molar-refractivity contribution >= 4 is 6.08 Å². The van der Waals surface area contributed by atoms with Crippen LogP contribution in [0, 0.1) is 0 Å². The lowest BCUT2D eigenvalue weighted by Crippen LogP contribution is -2.37. The van der Waals surface area contributed by atoms with Crippen molar-refractivity contribution in [1.82, 2.24) is 4.90 Å². The van der Waals surface area contributed by atoms with Gasteiger partial charge in [0.25, 0.3) is 0 Å². The molecule has 0 bridgehead atoms. The molecule has 0 aliphatic rings. The van der Waals surface area contributed by atoms with Gasteiger partial charge in [-0.2, -0.15) is 0 Å². The molecule has 0 aliphatic carbocycles. The van der Waals surface area contributed by atoms with Crippen LogP contribution in [0.1, 0.15) is 232 Å². The average Bonchev–Trinajstić information content (AvgIpc) is 3.12. The zero-order valence-electron chi connectivity index (χ0n) is 33.7. The fourth-order valence-corrected chi connectivity index (χ4v) is 7.30. The lowest BCUT2D eigenvalue weighted by atomic mass is 10.0. The van der Waals surface area contributed by atoms with Crippen molar-refractivity contribution in [3.8, 4) is 0 Å². The normalized spacial score (nSPS) is 12.5. The van der Waals surface area contributed by atoms with Crippen molar-refractivity contribution in [2.45, 2.75) is 232 Å². The topological polar surface area (TPSA) is 12.5 Å². The third-order valence-corrected chi connectivity index (χ3v) is 10.5. The van der Waals surface area contributed by atoms with Gasteiger partial charge < -0.3 is 4.74 Å². The highest BCUT2D eigenvalue weighted by Gasteiger charge is 2.15. The zero-order chi connectivity index (χ0) is 35.1. The van der Waals surface area contributed by atoms with Gasteiger partial charge in [0.2, 0.25) is 0 Å². The molecule has 1 aromatic rings. The van der Waals surface area contributed by atoms with E-state index in [2.05, 4.69) is 68.2 Å². The summed E-state index contributed by atoms with van der Waals surface area (Å²) in [5.41, 5.74) is 1.26. The summed E-state index contributed by atoms with van der Waals surface area (Å²) in [6, 6.07) is 10.7. The lowest BCUT2D eigenvalue weighted by Gasteiger charge is -2.29. The number of hydrogen-bond acceptors (Lipinski definition) is 2. The highest BCUT2D eigenvalue weighted by molar-refractivity contribution is 5.49. The van der Waals surface area contributed by atoms with E-state index >= 15 is 0 Å². The van der Waals surface area contributed by atoms with Crippen LogP contribution in [0.3, 0.4) is 0 Å². The molecule has 1 rings (SSSR count). The summed E-state index contributed by atoms with van der Waals surface area (Å²) in [7, 11) is 0. The third-order valence-electron chi connectivity index (χ3n) is 10.5. The van der Waals surface area contributed by atoms with Gasteiger partial charge >= 0.3 is 0 Å². The van der Waals surface area contributed by atoms with Gasteiger partial charge in [0.1, 0.15) is 6.23 Å². The van der Waals surface area contributed by atoms with E-state index in [0.717, 1.165) is 19.7 Å². The molecule has 0 aliphatic heterocycles. The van der Waals surface area contributed by atoms with Gasteiger partial charge in [-0.1, -0.05) is 243 Å². The summed E-state index contributed by atoms with van der Waals surface area (Å²) < 4.78 is 6.32. The molecule has 0 saturated carbocycles. The van der Waals surface area contributed by atoms with Gasteiger partial charge in [0.05, 0.1) is 0 Å². The van der Waals surface area contributed by atoms with Crippen molar-refractivity contribution in [3.05, 3.63) is 42.0 Å². The van der Waals surface area contributed by atoms with E-state index in [0.29, 0.717) is 0 Å². The van der Waals surface area contributed by atoms with Crippen LogP contribution in [-0.2, 0) is 4.74 Å². The first kappa shape index (κ1) is 45.9. The van der Waals surface area contributed by atoms with Crippen LogP contribution in [-0.4, -0.2) is 30.8 Å². The largest absolute Gasteiger partial charge is 0.360 e. The first-order valence-corrected chi connectivity index (χ1v) is 22.4. The number of hydrogen-bond donors (Lipinski definition) is 0. The molecule has 1 atom stereocenters. The smallest absolute Gasteiger partial charge is 0.130 e. The van der Waals surface area contributed by atoms with Crippen molar-refractivity contribution in [2.24, 2.45) is 0 Å². The van der Waals surface area contributed by atoms with E-state index in [-0.39, 0.29) is 6.23 Å². The van der Waals surface area contributed by atoms with Gasteiger partial charge in [-0.3, -0.25) is 4.90 Å². The summed E-state index contributed by atoms with van der Waals surface area (Å²) in [5, 5.41) is 0. The Morgan fingerprint density at radius 1 is 0.429 bits per heavy atom. The monoisotopic (exact) mass is 682 g/mol. The lowest BCUT2D eigenvalue weighted by molar-refractivity contribution is -0.0233. The molecule has 0 radical (unpaired) electrons. The van der Waals surface area contributed by atoms with E-state index in [9.17, 15) is 0 Å². The maximum absolute atomic E-state index is 6.32. The summed E-state index contributed by atoms with van der Waals surface area (Å²) in [4.78, 5) is 2.64. The Bertz CT molecular complexity index is 740. The molecule has 1 unspecified atom stereocenters. The Balaban J connectivity index is 2.23. The molecule has 2 nitrogen and oxygen atoms in total. The second-order valence-corrected chi connectivity index (χ2v) is 15.3. The van der Waals surface area contributed by atoms with Gasteiger partial charge in [-0.05, 0) is 31.4 Å². The second kappa shape index (κ2) is 38.1. The molecule has 2 heteroatoms. The Kier molecular flexibility index (Phi) is 35.7. The molecule has 0 saturated heterocycles. The summed E-state index contributed by atoms with van der Waals surface area (Å²) in [5.74, 6) is 0. The fourth-order valence-electron chi connectivity index (χ4n) is 7.30. The number of unbranched alkanes of at least 4 members (excludes halogenated alkanes) is 30. The highest BCUT2D eigenvalue weighted by Crippen LogP contribution is 2.17. The Labute approximate surface area is 309 Å².